The Bertz CT molecular complexity index is 1100. The third-order valence-electron chi connectivity index (χ3n) is 6.95. The number of benzene rings is 1. The summed E-state index contributed by atoms with van der Waals surface area (Å²) in [6, 6.07) is 8.40. The van der Waals surface area contributed by atoms with E-state index in [4.69, 9.17) is 5.73 Å². The average molecular weight is 418 g/mol. The molecule has 1 saturated heterocycles. The molecule has 2 atom stereocenters. The minimum absolute atomic E-state index is 0.334. The fourth-order valence-corrected chi connectivity index (χ4v) is 5.26. The van der Waals surface area contributed by atoms with E-state index in [2.05, 4.69) is 66.5 Å². The van der Waals surface area contributed by atoms with Gasteiger partial charge in [0.05, 0.1) is 5.69 Å². The van der Waals surface area contributed by atoms with Crippen LogP contribution in [0.15, 0.2) is 30.6 Å². The highest BCUT2D eigenvalue weighted by Gasteiger charge is 2.41. The molecule has 1 saturated carbocycles. The second kappa shape index (κ2) is 7.19. The van der Waals surface area contributed by atoms with Gasteiger partial charge in [0.1, 0.15) is 6.33 Å². The Kier molecular flexibility index (Phi) is 4.31. The molecule has 2 aromatic heterocycles. The maximum Gasteiger partial charge on any atom is 0.248 e. The summed E-state index contributed by atoms with van der Waals surface area (Å²) in [6.07, 6.45) is 5.20. The van der Waals surface area contributed by atoms with Crippen molar-refractivity contribution in [2.75, 3.05) is 49.2 Å². The lowest BCUT2D eigenvalue weighted by Crippen LogP contribution is -2.44. The van der Waals surface area contributed by atoms with Gasteiger partial charge in [0.25, 0.3) is 0 Å². The summed E-state index contributed by atoms with van der Waals surface area (Å²) in [4.78, 5) is 18.3. The number of nitrogens with zero attached hydrogens (tertiary/aromatic N) is 7. The highest BCUT2D eigenvalue weighted by atomic mass is 15.4. The zero-order valence-corrected chi connectivity index (χ0v) is 17.7. The van der Waals surface area contributed by atoms with E-state index in [9.17, 15) is 0 Å². The Morgan fingerprint density at radius 2 is 1.77 bits per heavy atom. The van der Waals surface area contributed by atoms with Gasteiger partial charge in [-0.1, -0.05) is 0 Å². The molecule has 9 nitrogen and oxygen atoms in total. The van der Waals surface area contributed by atoms with Crippen molar-refractivity contribution in [2.45, 2.75) is 31.1 Å². The van der Waals surface area contributed by atoms with Crippen LogP contribution in [0.1, 0.15) is 42.4 Å². The van der Waals surface area contributed by atoms with Crippen LogP contribution in [0.5, 0.6) is 0 Å². The first-order valence-corrected chi connectivity index (χ1v) is 11.0. The number of piperazine rings is 1. The highest BCUT2D eigenvalue weighted by molar-refractivity contribution is 5.60. The predicted molar refractivity (Wildman–Crippen MR) is 120 cm³/mol. The number of rotatable bonds is 4. The van der Waals surface area contributed by atoms with Crippen LogP contribution in [-0.4, -0.2) is 62.9 Å². The quantitative estimate of drug-likeness (QED) is 0.668. The van der Waals surface area contributed by atoms with Crippen LogP contribution in [0, 0.1) is 0 Å². The summed E-state index contributed by atoms with van der Waals surface area (Å²) in [5.74, 6) is 2.66. The molecule has 31 heavy (non-hydrogen) atoms. The van der Waals surface area contributed by atoms with E-state index >= 15 is 0 Å². The molecule has 0 radical (unpaired) electrons. The summed E-state index contributed by atoms with van der Waals surface area (Å²) in [5.41, 5.74) is 10.8. The summed E-state index contributed by atoms with van der Waals surface area (Å²) in [5, 5.41) is 7.90. The van der Waals surface area contributed by atoms with E-state index in [0.717, 1.165) is 37.7 Å². The molecule has 0 spiro atoms. The zero-order chi connectivity index (χ0) is 20.9. The van der Waals surface area contributed by atoms with E-state index in [1.165, 1.54) is 36.2 Å². The number of nitrogens with two attached hydrogens (primary N) is 1. The van der Waals surface area contributed by atoms with Gasteiger partial charge in [-0.3, -0.25) is 0 Å². The first kappa shape index (κ1) is 18.6. The second-order valence-electron chi connectivity index (χ2n) is 8.87. The van der Waals surface area contributed by atoms with Crippen molar-refractivity contribution in [3.8, 4) is 5.82 Å². The number of fused-ring (bicyclic) bond motifs is 5. The number of anilines is 4. The Morgan fingerprint density at radius 3 is 2.58 bits per heavy atom. The van der Waals surface area contributed by atoms with Crippen molar-refractivity contribution in [3.63, 3.8) is 0 Å². The smallest absolute Gasteiger partial charge is 0.248 e. The number of nitrogen functional groups attached to an aromatic ring is 1. The van der Waals surface area contributed by atoms with Crippen molar-refractivity contribution in [1.29, 1.82) is 0 Å². The number of hydrogen-bond acceptors (Lipinski definition) is 8. The Morgan fingerprint density at radius 1 is 1.00 bits per heavy atom. The fourth-order valence-electron chi connectivity index (χ4n) is 5.26. The third-order valence-corrected chi connectivity index (χ3v) is 6.95. The molecule has 3 N–H and O–H groups in total. The molecule has 0 amide bonds. The number of hydrogen-bond donors (Lipinski definition) is 2. The van der Waals surface area contributed by atoms with Gasteiger partial charge in [-0.15, -0.1) is 5.10 Å². The first-order chi connectivity index (χ1) is 15.2. The van der Waals surface area contributed by atoms with Crippen molar-refractivity contribution in [1.82, 2.24) is 29.6 Å². The predicted octanol–water partition coefficient (Wildman–Crippen LogP) is 2.50. The maximum absolute atomic E-state index is 6.23. The van der Waals surface area contributed by atoms with Crippen LogP contribution >= 0.6 is 0 Å². The summed E-state index contributed by atoms with van der Waals surface area (Å²) < 4.78 is 1.65. The van der Waals surface area contributed by atoms with Gasteiger partial charge in [0, 0.05) is 49.0 Å². The van der Waals surface area contributed by atoms with Crippen LogP contribution in [0.2, 0.25) is 0 Å². The molecule has 2 bridgehead atoms. The molecule has 2 fully saturated rings. The molecule has 3 aromatic rings. The largest absolute Gasteiger partial charge is 0.369 e. The van der Waals surface area contributed by atoms with Crippen LogP contribution in [0.25, 0.3) is 5.82 Å². The summed E-state index contributed by atoms with van der Waals surface area (Å²) >= 11 is 0. The average Bonchev–Trinajstić information content (AvgIpc) is 3.50. The van der Waals surface area contributed by atoms with Crippen molar-refractivity contribution in [3.05, 3.63) is 41.9 Å². The molecule has 1 aromatic carbocycles. The van der Waals surface area contributed by atoms with E-state index < -0.39 is 0 Å². The molecule has 2 unspecified atom stereocenters. The Balaban J connectivity index is 1.22. The topological polar surface area (TPSA) is 101 Å². The minimum Gasteiger partial charge on any atom is -0.369 e. The fraction of sp³-hybridized carbons (Fsp3) is 0.455. The van der Waals surface area contributed by atoms with Gasteiger partial charge in [-0.2, -0.15) is 9.67 Å². The monoisotopic (exact) mass is 417 g/mol. The van der Waals surface area contributed by atoms with Crippen LogP contribution in [-0.2, 0) is 0 Å². The minimum atomic E-state index is 0.334. The van der Waals surface area contributed by atoms with Crippen molar-refractivity contribution < 1.29 is 0 Å². The number of likely N-dealkylation sites (N-methyl/N-ethyl adjacent to an activating group) is 1. The first-order valence-electron chi connectivity index (χ1n) is 11.0. The van der Waals surface area contributed by atoms with Gasteiger partial charge in [0.2, 0.25) is 11.9 Å². The van der Waals surface area contributed by atoms with E-state index in [1.807, 2.05) is 0 Å². The third kappa shape index (κ3) is 3.20. The molecule has 3 heterocycles. The maximum atomic E-state index is 6.23. The van der Waals surface area contributed by atoms with Gasteiger partial charge in [-0.25, -0.2) is 9.97 Å². The molecular weight excluding hydrogens is 390 g/mol. The summed E-state index contributed by atoms with van der Waals surface area (Å²) in [7, 11) is 2.17. The molecule has 1 aliphatic heterocycles. The van der Waals surface area contributed by atoms with Crippen molar-refractivity contribution in [2.24, 2.45) is 0 Å². The Labute approximate surface area is 181 Å². The number of aromatic nitrogens is 5. The number of nitrogens with one attached hydrogen (secondary N) is 1. The van der Waals surface area contributed by atoms with E-state index in [0.29, 0.717) is 23.7 Å². The Hall–Kier alpha value is -3.20. The van der Waals surface area contributed by atoms with Gasteiger partial charge in [-0.05, 0) is 56.5 Å². The molecule has 2 aliphatic carbocycles. The molecule has 9 heteroatoms. The highest BCUT2D eigenvalue weighted by Crippen LogP contribution is 2.53. The molecule has 3 aliphatic rings. The van der Waals surface area contributed by atoms with Gasteiger partial charge >= 0.3 is 0 Å². The van der Waals surface area contributed by atoms with Crippen LogP contribution < -0.4 is 16.0 Å². The second-order valence-corrected chi connectivity index (χ2v) is 8.87. The lowest BCUT2D eigenvalue weighted by molar-refractivity contribution is 0.313. The van der Waals surface area contributed by atoms with Crippen LogP contribution in [0.3, 0.4) is 0 Å². The van der Waals surface area contributed by atoms with E-state index in [1.54, 1.807) is 11.0 Å². The SMILES string of the molecule is CN1CCN(c2ccc(Nc3nc(N)n(-c4ncnc5c4C4CCC5C4)n3)cc2)CC1. The lowest BCUT2D eigenvalue weighted by Gasteiger charge is -2.34. The zero-order valence-electron chi connectivity index (χ0n) is 17.7. The molecule has 160 valence electrons. The van der Waals surface area contributed by atoms with Gasteiger partial charge < -0.3 is 20.9 Å². The van der Waals surface area contributed by atoms with Crippen molar-refractivity contribution >= 4 is 23.3 Å². The lowest BCUT2D eigenvalue weighted by atomic mass is 9.96. The normalized spacial score (nSPS) is 22.7. The van der Waals surface area contributed by atoms with Gasteiger partial charge in [0.15, 0.2) is 5.82 Å². The molecular formula is C22H27N9. The standard InChI is InChI=1S/C22H27N9/c1-29-8-10-30(11-9-29)17-6-4-16(5-7-17)26-22-27-21(23)31(28-22)20-18-14-2-3-15(12-14)19(18)24-13-25-20/h4-7,13-15H,2-3,8-12H2,1H3,(H3,23,26,27,28). The molecule has 6 rings (SSSR count). The van der Waals surface area contributed by atoms with E-state index in [-0.39, 0.29) is 0 Å². The summed E-state index contributed by atoms with van der Waals surface area (Å²) in [6.45, 7) is 4.29. The van der Waals surface area contributed by atoms with Crippen LogP contribution in [0.4, 0.5) is 23.3 Å².